The first-order valence-electron chi connectivity index (χ1n) is 6.59. The number of thioether (sulfide) groups is 1. The SMILES string of the molecule is COc1ccc(CSCCCc2ccc(Cl)nc2)cc1. The minimum Gasteiger partial charge on any atom is -0.497 e. The third-order valence-electron chi connectivity index (χ3n) is 2.97. The molecule has 0 atom stereocenters. The molecule has 1 aromatic carbocycles. The largest absolute Gasteiger partial charge is 0.497 e. The number of benzene rings is 1. The smallest absolute Gasteiger partial charge is 0.129 e. The van der Waals surface area contributed by atoms with Gasteiger partial charge in [0.15, 0.2) is 0 Å². The molecule has 1 heterocycles. The van der Waals surface area contributed by atoms with Crippen LogP contribution in [0.25, 0.3) is 0 Å². The van der Waals surface area contributed by atoms with Crippen LogP contribution < -0.4 is 4.74 Å². The van der Waals surface area contributed by atoms with Gasteiger partial charge in [-0.05, 0) is 47.9 Å². The highest BCUT2D eigenvalue weighted by Gasteiger charge is 1.97. The molecule has 4 heteroatoms. The average Bonchev–Trinajstić information content (AvgIpc) is 2.49. The third-order valence-corrected chi connectivity index (χ3v) is 4.31. The number of nitrogens with zero attached hydrogens (tertiary/aromatic N) is 1. The van der Waals surface area contributed by atoms with Crippen molar-refractivity contribution in [3.8, 4) is 5.75 Å². The van der Waals surface area contributed by atoms with E-state index in [9.17, 15) is 0 Å². The minimum absolute atomic E-state index is 0.558. The van der Waals surface area contributed by atoms with Crippen molar-refractivity contribution < 1.29 is 4.74 Å². The first kappa shape index (κ1) is 15.2. The van der Waals surface area contributed by atoms with E-state index in [0.717, 1.165) is 30.1 Å². The van der Waals surface area contributed by atoms with Gasteiger partial charge in [0, 0.05) is 11.9 Å². The predicted octanol–water partition coefficient (Wildman–Crippen LogP) is 4.61. The number of aromatic nitrogens is 1. The second-order valence-electron chi connectivity index (χ2n) is 4.49. The van der Waals surface area contributed by atoms with Crippen LogP contribution >= 0.6 is 23.4 Å². The van der Waals surface area contributed by atoms with Crippen molar-refractivity contribution in [2.24, 2.45) is 0 Å². The number of ether oxygens (including phenoxy) is 1. The maximum Gasteiger partial charge on any atom is 0.129 e. The number of pyridine rings is 1. The monoisotopic (exact) mass is 307 g/mol. The Kier molecular flexibility index (Phi) is 6.22. The Morgan fingerprint density at radius 3 is 2.50 bits per heavy atom. The number of rotatable bonds is 7. The maximum absolute atomic E-state index is 5.76. The quantitative estimate of drug-likeness (QED) is 0.551. The zero-order valence-corrected chi connectivity index (χ0v) is 13.1. The molecule has 0 saturated heterocycles. The van der Waals surface area contributed by atoms with E-state index in [-0.39, 0.29) is 0 Å². The Balaban J connectivity index is 1.64. The van der Waals surface area contributed by atoms with Gasteiger partial charge in [-0.3, -0.25) is 0 Å². The van der Waals surface area contributed by atoms with E-state index in [2.05, 4.69) is 17.1 Å². The van der Waals surface area contributed by atoms with Crippen molar-refractivity contribution >= 4 is 23.4 Å². The van der Waals surface area contributed by atoms with Crippen molar-refractivity contribution in [2.75, 3.05) is 12.9 Å². The van der Waals surface area contributed by atoms with Crippen LogP contribution in [0, 0.1) is 0 Å². The van der Waals surface area contributed by atoms with Gasteiger partial charge >= 0.3 is 0 Å². The number of halogens is 1. The standard InChI is InChI=1S/C16H18ClNOS/c1-19-15-7-4-14(5-8-15)12-20-10-2-3-13-6-9-16(17)18-11-13/h4-9,11H,2-3,10,12H2,1H3. The highest BCUT2D eigenvalue weighted by Crippen LogP contribution is 2.17. The molecular formula is C16H18ClNOS. The lowest BCUT2D eigenvalue weighted by Crippen LogP contribution is -1.90. The zero-order chi connectivity index (χ0) is 14.2. The molecule has 0 saturated carbocycles. The summed E-state index contributed by atoms with van der Waals surface area (Å²) in [6, 6.07) is 12.2. The number of methoxy groups -OCH3 is 1. The number of aryl methyl sites for hydroxylation is 1. The van der Waals surface area contributed by atoms with Gasteiger partial charge in [0.1, 0.15) is 10.9 Å². The lowest BCUT2D eigenvalue weighted by molar-refractivity contribution is 0.414. The minimum atomic E-state index is 0.558. The van der Waals surface area contributed by atoms with E-state index < -0.39 is 0 Å². The predicted molar refractivity (Wildman–Crippen MR) is 86.7 cm³/mol. The van der Waals surface area contributed by atoms with Crippen LogP contribution in [0.3, 0.4) is 0 Å². The molecule has 0 radical (unpaired) electrons. The molecule has 2 nitrogen and oxygen atoms in total. The van der Waals surface area contributed by atoms with Crippen molar-refractivity contribution in [3.05, 3.63) is 58.9 Å². The summed E-state index contributed by atoms with van der Waals surface area (Å²) in [5.41, 5.74) is 2.59. The van der Waals surface area contributed by atoms with Crippen LogP contribution in [0.2, 0.25) is 5.15 Å². The van der Waals surface area contributed by atoms with Gasteiger partial charge in [-0.1, -0.05) is 29.8 Å². The van der Waals surface area contributed by atoms with E-state index in [0.29, 0.717) is 5.15 Å². The van der Waals surface area contributed by atoms with E-state index in [4.69, 9.17) is 16.3 Å². The summed E-state index contributed by atoms with van der Waals surface area (Å²) in [4.78, 5) is 4.09. The summed E-state index contributed by atoms with van der Waals surface area (Å²) in [6.07, 6.45) is 4.07. The van der Waals surface area contributed by atoms with Crippen molar-refractivity contribution in [2.45, 2.75) is 18.6 Å². The molecule has 0 aliphatic carbocycles. The molecule has 2 rings (SSSR count). The average molecular weight is 308 g/mol. The van der Waals surface area contributed by atoms with Crippen LogP contribution in [-0.2, 0) is 12.2 Å². The summed E-state index contributed by atoms with van der Waals surface area (Å²) in [5, 5.41) is 0.558. The molecule has 0 bridgehead atoms. The Hall–Kier alpha value is -1.19. The van der Waals surface area contributed by atoms with Gasteiger partial charge in [-0.15, -0.1) is 0 Å². The number of hydrogen-bond acceptors (Lipinski definition) is 3. The fraction of sp³-hybridized carbons (Fsp3) is 0.312. The van der Waals surface area contributed by atoms with E-state index in [1.54, 1.807) is 7.11 Å². The summed E-state index contributed by atoms with van der Waals surface area (Å²) in [7, 11) is 1.69. The summed E-state index contributed by atoms with van der Waals surface area (Å²) < 4.78 is 5.15. The molecule has 2 aromatic rings. The molecule has 0 aliphatic heterocycles. The van der Waals surface area contributed by atoms with Crippen molar-refractivity contribution in [1.29, 1.82) is 0 Å². The van der Waals surface area contributed by atoms with Gasteiger partial charge in [-0.25, -0.2) is 4.98 Å². The van der Waals surface area contributed by atoms with Crippen LogP contribution in [0.1, 0.15) is 17.5 Å². The molecule has 1 aromatic heterocycles. The Bertz CT molecular complexity index is 513. The van der Waals surface area contributed by atoms with E-state index in [1.807, 2.05) is 42.2 Å². The Labute approximate surface area is 129 Å². The van der Waals surface area contributed by atoms with Gasteiger partial charge < -0.3 is 4.74 Å². The Morgan fingerprint density at radius 2 is 1.85 bits per heavy atom. The van der Waals surface area contributed by atoms with Crippen LogP contribution in [0.4, 0.5) is 0 Å². The lowest BCUT2D eigenvalue weighted by atomic mass is 10.2. The molecule has 0 unspecified atom stereocenters. The molecule has 0 amide bonds. The van der Waals surface area contributed by atoms with Gasteiger partial charge in [-0.2, -0.15) is 11.8 Å². The number of hydrogen-bond donors (Lipinski definition) is 0. The summed E-state index contributed by atoms with van der Waals surface area (Å²) >= 11 is 7.72. The van der Waals surface area contributed by atoms with Crippen LogP contribution in [0.15, 0.2) is 42.6 Å². The molecule has 0 aliphatic rings. The first-order valence-corrected chi connectivity index (χ1v) is 8.12. The van der Waals surface area contributed by atoms with Crippen LogP contribution in [0.5, 0.6) is 5.75 Å². The van der Waals surface area contributed by atoms with Crippen molar-refractivity contribution in [1.82, 2.24) is 4.98 Å². The van der Waals surface area contributed by atoms with E-state index in [1.165, 1.54) is 11.1 Å². The topological polar surface area (TPSA) is 22.1 Å². The third kappa shape index (κ3) is 5.06. The molecule has 0 fully saturated rings. The molecule has 106 valence electrons. The van der Waals surface area contributed by atoms with E-state index >= 15 is 0 Å². The fourth-order valence-electron chi connectivity index (χ4n) is 1.84. The maximum atomic E-state index is 5.76. The van der Waals surface area contributed by atoms with Gasteiger partial charge in [0.05, 0.1) is 7.11 Å². The van der Waals surface area contributed by atoms with Crippen molar-refractivity contribution in [3.63, 3.8) is 0 Å². The summed E-state index contributed by atoms with van der Waals surface area (Å²) in [5.74, 6) is 3.10. The highest BCUT2D eigenvalue weighted by molar-refractivity contribution is 7.98. The lowest BCUT2D eigenvalue weighted by Gasteiger charge is -2.04. The summed E-state index contributed by atoms with van der Waals surface area (Å²) in [6.45, 7) is 0. The second kappa shape index (κ2) is 8.18. The zero-order valence-electron chi connectivity index (χ0n) is 11.5. The molecule has 0 N–H and O–H groups in total. The molecule has 20 heavy (non-hydrogen) atoms. The first-order chi connectivity index (χ1) is 9.78. The van der Waals surface area contributed by atoms with Gasteiger partial charge in [0.25, 0.3) is 0 Å². The van der Waals surface area contributed by atoms with Crippen LogP contribution in [-0.4, -0.2) is 17.8 Å². The molecular weight excluding hydrogens is 290 g/mol. The second-order valence-corrected chi connectivity index (χ2v) is 5.99. The fourth-order valence-corrected chi connectivity index (χ4v) is 2.88. The Morgan fingerprint density at radius 1 is 1.10 bits per heavy atom. The highest BCUT2D eigenvalue weighted by atomic mass is 35.5. The van der Waals surface area contributed by atoms with Gasteiger partial charge in [0.2, 0.25) is 0 Å². The normalized spacial score (nSPS) is 10.5. The molecule has 0 spiro atoms.